The molecule has 0 saturated carbocycles. The zero-order valence-electron chi connectivity index (χ0n) is 16.5. The fourth-order valence-electron chi connectivity index (χ4n) is 3.25. The fraction of sp³-hybridized carbons (Fsp3) is 0.800. The maximum absolute atomic E-state index is 11.5. The molecule has 6 heteroatoms. The maximum atomic E-state index is 11.5. The summed E-state index contributed by atoms with van der Waals surface area (Å²) in [6.07, 6.45) is 2.83. The van der Waals surface area contributed by atoms with E-state index in [2.05, 4.69) is 0 Å². The van der Waals surface area contributed by atoms with Crippen LogP contribution in [0.3, 0.4) is 0 Å². The van der Waals surface area contributed by atoms with Crippen LogP contribution in [0, 0.1) is 10.8 Å². The topological polar surface area (TPSA) is 74.8 Å². The molecule has 150 valence electrons. The summed E-state index contributed by atoms with van der Waals surface area (Å²) in [4.78, 5) is 48.5. The Bertz CT molecular complexity index is 512. The van der Waals surface area contributed by atoms with Crippen molar-refractivity contribution in [3.63, 3.8) is 0 Å². The Morgan fingerprint density at radius 1 is 0.692 bits per heavy atom. The van der Waals surface area contributed by atoms with E-state index < -0.39 is 0 Å². The highest BCUT2D eigenvalue weighted by atomic mass is 16.2. The summed E-state index contributed by atoms with van der Waals surface area (Å²) in [6.45, 7) is 12.7. The van der Waals surface area contributed by atoms with Gasteiger partial charge in [0.15, 0.2) is 0 Å². The van der Waals surface area contributed by atoms with Gasteiger partial charge in [-0.2, -0.15) is 0 Å². The minimum Gasteiger partial charge on any atom is -0.283 e. The molecule has 2 saturated heterocycles. The molecule has 6 nitrogen and oxygen atoms in total. The van der Waals surface area contributed by atoms with Crippen molar-refractivity contribution in [1.82, 2.24) is 9.80 Å². The van der Waals surface area contributed by atoms with Crippen molar-refractivity contribution in [2.45, 2.75) is 81.1 Å². The van der Waals surface area contributed by atoms with Crippen LogP contribution in [0.2, 0.25) is 0 Å². The summed E-state index contributed by atoms with van der Waals surface area (Å²) in [5, 5.41) is 0. The Kier molecular flexibility index (Phi) is 8.67. The van der Waals surface area contributed by atoms with Crippen molar-refractivity contribution in [3.8, 4) is 0 Å². The van der Waals surface area contributed by atoms with Crippen LogP contribution < -0.4 is 0 Å². The van der Waals surface area contributed by atoms with Gasteiger partial charge in [0.25, 0.3) is 0 Å². The first-order chi connectivity index (χ1) is 11.4. The van der Waals surface area contributed by atoms with Crippen molar-refractivity contribution in [2.75, 3.05) is 13.1 Å². The lowest BCUT2D eigenvalue weighted by atomic mass is 9.82. The number of hydrogen-bond acceptors (Lipinski definition) is 4. The second kappa shape index (κ2) is 9.28. The van der Waals surface area contributed by atoms with Gasteiger partial charge in [-0.05, 0) is 24.2 Å². The molecule has 0 aromatic carbocycles. The number of likely N-dealkylation sites (tertiary alicyclic amines) is 2. The van der Waals surface area contributed by atoms with Crippen LogP contribution in [0.5, 0.6) is 0 Å². The Morgan fingerprint density at radius 3 is 1.27 bits per heavy atom. The van der Waals surface area contributed by atoms with Gasteiger partial charge in [-0.3, -0.25) is 29.0 Å². The third kappa shape index (κ3) is 6.54. The molecule has 2 heterocycles. The quantitative estimate of drug-likeness (QED) is 0.716. The first kappa shape index (κ1) is 24.3. The van der Waals surface area contributed by atoms with Crippen LogP contribution in [0.1, 0.15) is 81.1 Å². The second-order valence-electron chi connectivity index (χ2n) is 8.51. The lowest BCUT2D eigenvalue weighted by Gasteiger charge is -2.34. The van der Waals surface area contributed by atoms with Crippen molar-refractivity contribution in [1.29, 1.82) is 0 Å². The summed E-state index contributed by atoms with van der Waals surface area (Å²) in [5.74, 6) is -0.0799. The zero-order chi connectivity index (χ0) is 19.4. The standard InChI is InChI=1S/C10H17NO2.C9H15NO2.CH4/c1-4-5-11-8(12)6-10(2,3)7-9(11)13;1-4-10-7(11)5-9(2,3)6-8(10)12;/h4-7H2,1-3H3;4-6H2,1-3H3;1H4. The number of rotatable bonds is 3. The molecule has 0 aliphatic carbocycles. The van der Waals surface area contributed by atoms with E-state index in [-0.39, 0.29) is 41.9 Å². The minimum atomic E-state index is -0.140. The SMILES string of the molecule is C.CCCN1C(=O)CC(C)(C)CC1=O.CCN1C(=O)CC(C)(C)CC1=O. The molecular weight excluding hydrogens is 332 g/mol. The summed E-state index contributed by atoms with van der Waals surface area (Å²) < 4.78 is 0. The van der Waals surface area contributed by atoms with Gasteiger partial charge in [0.05, 0.1) is 0 Å². The monoisotopic (exact) mass is 368 g/mol. The molecule has 2 aliphatic heterocycles. The van der Waals surface area contributed by atoms with Gasteiger partial charge in [-0.25, -0.2) is 0 Å². The Morgan fingerprint density at radius 2 is 1.00 bits per heavy atom. The predicted molar refractivity (Wildman–Crippen MR) is 102 cm³/mol. The maximum Gasteiger partial charge on any atom is 0.229 e. The number of amides is 4. The van der Waals surface area contributed by atoms with Crippen molar-refractivity contribution >= 4 is 23.6 Å². The smallest absolute Gasteiger partial charge is 0.229 e. The largest absolute Gasteiger partial charge is 0.283 e. The molecular formula is C20H36N2O4. The van der Waals surface area contributed by atoms with E-state index in [0.29, 0.717) is 38.8 Å². The van der Waals surface area contributed by atoms with Crippen LogP contribution in [0.4, 0.5) is 0 Å². The van der Waals surface area contributed by atoms with Gasteiger partial charge in [0, 0.05) is 38.8 Å². The third-order valence-electron chi connectivity index (χ3n) is 4.49. The van der Waals surface area contributed by atoms with Gasteiger partial charge in [-0.15, -0.1) is 0 Å². The molecule has 2 aliphatic rings. The highest BCUT2D eigenvalue weighted by Gasteiger charge is 2.37. The Labute approximate surface area is 158 Å². The van der Waals surface area contributed by atoms with E-state index in [0.717, 1.165) is 6.42 Å². The first-order valence-corrected chi connectivity index (χ1v) is 9.09. The van der Waals surface area contributed by atoms with E-state index in [4.69, 9.17) is 0 Å². The molecule has 0 radical (unpaired) electrons. The summed E-state index contributed by atoms with van der Waals surface area (Å²) in [7, 11) is 0. The average molecular weight is 369 g/mol. The molecule has 0 N–H and O–H groups in total. The van der Waals surface area contributed by atoms with E-state index in [1.807, 2.05) is 41.5 Å². The Balaban J connectivity index is 0.000000464. The van der Waals surface area contributed by atoms with E-state index >= 15 is 0 Å². The summed E-state index contributed by atoms with van der Waals surface area (Å²) >= 11 is 0. The van der Waals surface area contributed by atoms with Gasteiger partial charge >= 0.3 is 0 Å². The van der Waals surface area contributed by atoms with Crippen LogP contribution in [0.15, 0.2) is 0 Å². The van der Waals surface area contributed by atoms with Crippen LogP contribution in [0.25, 0.3) is 0 Å². The second-order valence-corrected chi connectivity index (χ2v) is 8.51. The molecule has 0 spiro atoms. The average Bonchev–Trinajstić information content (AvgIpc) is 2.41. The summed E-state index contributed by atoms with van der Waals surface area (Å²) in [6, 6.07) is 0. The van der Waals surface area contributed by atoms with Gasteiger partial charge in [0.1, 0.15) is 0 Å². The van der Waals surface area contributed by atoms with Crippen molar-refractivity contribution < 1.29 is 19.2 Å². The highest BCUT2D eigenvalue weighted by Crippen LogP contribution is 2.32. The number of piperidine rings is 2. The predicted octanol–water partition coefficient (Wildman–Crippen LogP) is 3.39. The Hall–Kier alpha value is -1.72. The lowest BCUT2D eigenvalue weighted by Crippen LogP contribution is -2.46. The van der Waals surface area contributed by atoms with Gasteiger partial charge < -0.3 is 0 Å². The molecule has 0 aromatic rings. The van der Waals surface area contributed by atoms with Crippen molar-refractivity contribution in [2.24, 2.45) is 10.8 Å². The van der Waals surface area contributed by atoms with Crippen LogP contribution >= 0.6 is 0 Å². The first-order valence-electron chi connectivity index (χ1n) is 9.09. The zero-order valence-corrected chi connectivity index (χ0v) is 16.5. The van der Waals surface area contributed by atoms with Crippen LogP contribution in [-0.4, -0.2) is 46.5 Å². The third-order valence-corrected chi connectivity index (χ3v) is 4.49. The number of carbonyl (C=O) groups excluding carboxylic acids is 4. The van der Waals surface area contributed by atoms with Gasteiger partial charge in [0.2, 0.25) is 23.6 Å². The van der Waals surface area contributed by atoms with Crippen molar-refractivity contribution in [3.05, 3.63) is 0 Å². The van der Waals surface area contributed by atoms with E-state index in [9.17, 15) is 19.2 Å². The molecule has 26 heavy (non-hydrogen) atoms. The van der Waals surface area contributed by atoms with E-state index in [1.165, 1.54) is 9.80 Å². The molecule has 2 rings (SSSR count). The number of carbonyl (C=O) groups is 4. The minimum absolute atomic E-state index is 0. The molecule has 0 atom stereocenters. The molecule has 0 unspecified atom stereocenters. The lowest BCUT2D eigenvalue weighted by molar-refractivity contribution is -0.154. The summed E-state index contributed by atoms with van der Waals surface area (Å²) in [5.41, 5.74) is -0.280. The molecule has 2 fully saturated rings. The van der Waals surface area contributed by atoms with Crippen LogP contribution in [-0.2, 0) is 19.2 Å². The molecule has 4 amide bonds. The van der Waals surface area contributed by atoms with Gasteiger partial charge in [-0.1, -0.05) is 42.0 Å². The fourth-order valence-corrected chi connectivity index (χ4v) is 3.25. The normalized spacial score (nSPS) is 21.8. The number of nitrogens with zero attached hydrogens (tertiary/aromatic N) is 2. The highest BCUT2D eigenvalue weighted by molar-refractivity contribution is 5.99. The molecule has 0 bridgehead atoms. The number of hydrogen-bond donors (Lipinski definition) is 0. The molecule has 0 aromatic heterocycles. The van der Waals surface area contributed by atoms with E-state index in [1.54, 1.807) is 0 Å². The number of imide groups is 2.